The van der Waals surface area contributed by atoms with Crippen molar-refractivity contribution in [3.05, 3.63) is 41.9 Å². The van der Waals surface area contributed by atoms with Gasteiger partial charge in [-0.05, 0) is 24.6 Å². The number of halogens is 2. The van der Waals surface area contributed by atoms with E-state index in [1.807, 2.05) is 6.92 Å². The van der Waals surface area contributed by atoms with Crippen LogP contribution in [0.5, 0.6) is 0 Å². The topological polar surface area (TPSA) is 54.7 Å². The Balaban J connectivity index is 2.33. The minimum Gasteiger partial charge on any atom is -0.341 e. The molecule has 0 saturated heterocycles. The van der Waals surface area contributed by atoms with Crippen molar-refractivity contribution >= 4 is 0 Å². The average Bonchev–Trinajstić information content (AvgIpc) is 2.81. The number of hydrogen-bond donors (Lipinski definition) is 2. The fourth-order valence-corrected chi connectivity index (χ4v) is 1.53. The SMILES string of the molecule is CC[C@@H](N)c1ncc(-c2ccc(F)c(F)c2)[nH]1. The van der Waals surface area contributed by atoms with Crippen LogP contribution in [0.25, 0.3) is 11.3 Å². The van der Waals surface area contributed by atoms with E-state index >= 15 is 0 Å². The van der Waals surface area contributed by atoms with E-state index in [1.165, 1.54) is 6.07 Å². The van der Waals surface area contributed by atoms with Crippen molar-refractivity contribution in [1.82, 2.24) is 9.97 Å². The van der Waals surface area contributed by atoms with E-state index in [4.69, 9.17) is 5.73 Å². The second kappa shape index (κ2) is 4.63. The van der Waals surface area contributed by atoms with Gasteiger partial charge in [0.1, 0.15) is 5.82 Å². The standard InChI is InChI=1S/C12H13F2N3/c1-2-10(15)12-16-6-11(17-12)7-3-4-8(13)9(14)5-7/h3-6,10H,2,15H2,1H3,(H,16,17)/t10-/m1/s1. The van der Waals surface area contributed by atoms with Gasteiger partial charge in [-0.25, -0.2) is 13.8 Å². The predicted molar refractivity (Wildman–Crippen MR) is 61.2 cm³/mol. The van der Waals surface area contributed by atoms with Crippen LogP contribution in [0.3, 0.4) is 0 Å². The van der Waals surface area contributed by atoms with E-state index < -0.39 is 11.6 Å². The van der Waals surface area contributed by atoms with Crippen LogP contribution in [-0.2, 0) is 0 Å². The second-order valence-corrected chi connectivity index (χ2v) is 3.83. The molecule has 3 N–H and O–H groups in total. The highest BCUT2D eigenvalue weighted by Gasteiger charge is 2.10. The Labute approximate surface area is 97.7 Å². The number of aromatic nitrogens is 2. The minimum absolute atomic E-state index is 0.172. The molecule has 1 aromatic carbocycles. The van der Waals surface area contributed by atoms with Gasteiger partial charge in [-0.3, -0.25) is 0 Å². The summed E-state index contributed by atoms with van der Waals surface area (Å²) < 4.78 is 25.8. The first-order valence-electron chi connectivity index (χ1n) is 5.37. The number of nitrogens with two attached hydrogens (primary N) is 1. The molecule has 0 unspecified atom stereocenters. The van der Waals surface area contributed by atoms with Crippen LogP contribution in [0, 0.1) is 11.6 Å². The lowest BCUT2D eigenvalue weighted by atomic mass is 10.1. The van der Waals surface area contributed by atoms with E-state index in [0.717, 1.165) is 18.6 Å². The molecule has 1 aromatic heterocycles. The molecule has 0 radical (unpaired) electrons. The number of H-pyrrole nitrogens is 1. The molecule has 3 nitrogen and oxygen atoms in total. The molecule has 0 aliphatic heterocycles. The Bertz CT molecular complexity index is 522. The second-order valence-electron chi connectivity index (χ2n) is 3.83. The summed E-state index contributed by atoms with van der Waals surface area (Å²) in [6.07, 6.45) is 2.32. The predicted octanol–water partition coefficient (Wildman–Crippen LogP) is 2.76. The summed E-state index contributed by atoms with van der Waals surface area (Å²) in [6.45, 7) is 1.95. The van der Waals surface area contributed by atoms with Gasteiger partial charge < -0.3 is 10.7 Å². The first-order chi connectivity index (χ1) is 8.11. The molecule has 90 valence electrons. The molecule has 0 aliphatic carbocycles. The van der Waals surface area contributed by atoms with Crippen molar-refractivity contribution in [3.63, 3.8) is 0 Å². The van der Waals surface area contributed by atoms with Gasteiger partial charge >= 0.3 is 0 Å². The van der Waals surface area contributed by atoms with Gasteiger partial charge in [0.2, 0.25) is 0 Å². The van der Waals surface area contributed by atoms with Crippen molar-refractivity contribution in [3.8, 4) is 11.3 Å². The normalized spacial score (nSPS) is 12.7. The molecule has 2 rings (SSSR count). The van der Waals surface area contributed by atoms with Crippen LogP contribution in [0.15, 0.2) is 24.4 Å². The molecular formula is C12H13F2N3. The summed E-state index contributed by atoms with van der Waals surface area (Å²) in [5, 5.41) is 0. The van der Waals surface area contributed by atoms with Crippen molar-refractivity contribution in [1.29, 1.82) is 0 Å². The first-order valence-corrected chi connectivity index (χ1v) is 5.37. The van der Waals surface area contributed by atoms with Gasteiger partial charge in [-0.15, -0.1) is 0 Å². The number of hydrogen-bond acceptors (Lipinski definition) is 2. The minimum atomic E-state index is -0.876. The lowest BCUT2D eigenvalue weighted by molar-refractivity contribution is 0.509. The van der Waals surface area contributed by atoms with Gasteiger partial charge in [0, 0.05) is 5.56 Å². The number of aromatic amines is 1. The molecular weight excluding hydrogens is 224 g/mol. The van der Waals surface area contributed by atoms with Gasteiger partial charge in [-0.2, -0.15) is 0 Å². The molecule has 5 heteroatoms. The van der Waals surface area contributed by atoms with Crippen LogP contribution in [-0.4, -0.2) is 9.97 Å². The largest absolute Gasteiger partial charge is 0.341 e. The Kier molecular flexibility index (Phi) is 3.19. The van der Waals surface area contributed by atoms with E-state index in [2.05, 4.69) is 9.97 Å². The van der Waals surface area contributed by atoms with E-state index in [-0.39, 0.29) is 6.04 Å². The van der Waals surface area contributed by atoms with E-state index in [1.54, 1.807) is 6.20 Å². The first kappa shape index (κ1) is 11.7. The summed E-state index contributed by atoms with van der Waals surface area (Å²) in [6, 6.07) is 3.54. The van der Waals surface area contributed by atoms with Crippen LogP contribution < -0.4 is 5.73 Å². The average molecular weight is 237 g/mol. The molecule has 2 aromatic rings. The lowest BCUT2D eigenvalue weighted by Gasteiger charge is -2.03. The van der Waals surface area contributed by atoms with E-state index in [9.17, 15) is 8.78 Å². The van der Waals surface area contributed by atoms with Crippen LogP contribution in [0.4, 0.5) is 8.78 Å². The van der Waals surface area contributed by atoms with Crippen molar-refractivity contribution in [2.75, 3.05) is 0 Å². The third-order valence-corrected chi connectivity index (χ3v) is 2.62. The number of nitrogens with one attached hydrogen (secondary N) is 1. The molecule has 0 spiro atoms. The number of benzene rings is 1. The third kappa shape index (κ3) is 2.34. The third-order valence-electron chi connectivity index (χ3n) is 2.62. The molecule has 0 saturated carbocycles. The molecule has 0 amide bonds. The summed E-state index contributed by atoms with van der Waals surface area (Å²) in [5.41, 5.74) is 6.99. The molecule has 1 heterocycles. The number of nitrogens with zero attached hydrogens (tertiary/aromatic N) is 1. The fourth-order valence-electron chi connectivity index (χ4n) is 1.53. The highest BCUT2D eigenvalue weighted by Crippen LogP contribution is 2.21. The quantitative estimate of drug-likeness (QED) is 0.862. The summed E-state index contributed by atoms with van der Waals surface area (Å²) >= 11 is 0. The maximum atomic E-state index is 13.1. The zero-order valence-electron chi connectivity index (χ0n) is 9.37. The van der Waals surface area contributed by atoms with Gasteiger partial charge in [-0.1, -0.05) is 6.92 Å². The van der Waals surface area contributed by atoms with Crippen LogP contribution >= 0.6 is 0 Å². The van der Waals surface area contributed by atoms with E-state index in [0.29, 0.717) is 17.1 Å². The number of rotatable bonds is 3. The molecule has 1 atom stereocenters. The van der Waals surface area contributed by atoms with Gasteiger partial charge in [0.05, 0.1) is 17.9 Å². The monoisotopic (exact) mass is 237 g/mol. The molecule has 17 heavy (non-hydrogen) atoms. The maximum absolute atomic E-state index is 13.1. The van der Waals surface area contributed by atoms with Crippen molar-refractivity contribution in [2.24, 2.45) is 5.73 Å². The Morgan fingerprint density at radius 2 is 2.12 bits per heavy atom. The summed E-state index contributed by atoms with van der Waals surface area (Å²) in [5.74, 6) is -1.09. The molecule has 0 bridgehead atoms. The summed E-state index contributed by atoms with van der Waals surface area (Å²) in [7, 11) is 0. The highest BCUT2D eigenvalue weighted by molar-refractivity contribution is 5.58. The Morgan fingerprint density at radius 3 is 2.76 bits per heavy atom. The van der Waals surface area contributed by atoms with Crippen LogP contribution in [0.1, 0.15) is 25.2 Å². The summed E-state index contributed by atoms with van der Waals surface area (Å²) in [4.78, 5) is 7.12. The maximum Gasteiger partial charge on any atom is 0.159 e. The molecule has 0 fully saturated rings. The Morgan fingerprint density at radius 1 is 1.35 bits per heavy atom. The van der Waals surface area contributed by atoms with Crippen molar-refractivity contribution < 1.29 is 8.78 Å². The fraction of sp³-hybridized carbons (Fsp3) is 0.250. The molecule has 0 aliphatic rings. The zero-order valence-corrected chi connectivity index (χ0v) is 9.37. The smallest absolute Gasteiger partial charge is 0.159 e. The van der Waals surface area contributed by atoms with Gasteiger partial charge in [0.15, 0.2) is 11.6 Å². The zero-order chi connectivity index (χ0) is 12.4. The Hall–Kier alpha value is -1.75. The number of imidazole rings is 1. The highest BCUT2D eigenvalue weighted by atomic mass is 19.2. The van der Waals surface area contributed by atoms with Crippen molar-refractivity contribution in [2.45, 2.75) is 19.4 Å². The van der Waals surface area contributed by atoms with Crippen LogP contribution in [0.2, 0.25) is 0 Å². The lowest BCUT2D eigenvalue weighted by Crippen LogP contribution is -2.10. The van der Waals surface area contributed by atoms with Gasteiger partial charge in [0.25, 0.3) is 0 Å².